The Bertz CT molecular complexity index is 550. The van der Waals surface area contributed by atoms with Crippen LogP contribution in [0.1, 0.15) is 30.1 Å². The SMILES string of the molecule is CC1CC(C(=O)O)CCN1C(=O)c1cc(Cl)ncc1Cl. The van der Waals surface area contributed by atoms with Crippen molar-refractivity contribution < 1.29 is 14.7 Å². The van der Waals surface area contributed by atoms with Crippen molar-refractivity contribution in [1.82, 2.24) is 9.88 Å². The van der Waals surface area contributed by atoms with E-state index in [2.05, 4.69) is 4.98 Å². The molecule has 108 valence electrons. The summed E-state index contributed by atoms with van der Waals surface area (Å²) in [7, 11) is 0. The number of rotatable bonds is 2. The number of likely N-dealkylation sites (tertiary alicyclic amines) is 1. The molecule has 2 heterocycles. The van der Waals surface area contributed by atoms with Crippen LogP contribution in [-0.2, 0) is 4.79 Å². The highest BCUT2D eigenvalue weighted by molar-refractivity contribution is 6.35. The molecule has 20 heavy (non-hydrogen) atoms. The third-order valence-corrected chi connectivity index (χ3v) is 4.05. The van der Waals surface area contributed by atoms with E-state index >= 15 is 0 Å². The summed E-state index contributed by atoms with van der Waals surface area (Å²) in [6.45, 7) is 2.23. The lowest BCUT2D eigenvalue weighted by Crippen LogP contribution is -2.46. The minimum atomic E-state index is -0.811. The summed E-state index contributed by atoms with van der Waals surface area (Å²) < 4.78 is 0. The van der Waals surface area contributed by atoms with Gasteiger partial charge in [-0.1, -0.05) is 23.2 Å². The summed E-state index contributed by atoms with van der Waals surface area (Å²) in [6.07, 6.45) is 2.23. The largest absolute Gasteiger partial charge is 0.481 e. The second-order valence-corrected chi connectivity index (χ2v) is 5.69. The lowest BCUT2D eigenvalue weighted by Gasteiger charge is -2.36. The van der Waals surface area contributed by atoms with E-state index in [1.165, 1.54) is 12.3 Å². The van der Waals surface area contributed by atoms with Gasteiger partial charge in [-0.05, 0) is 25.8 Å². The van der Waals surface area contributed by atoms with Crippen molar-refractivity contribution in [3.8, 4) is 0 Å². The number of halogens is 2. The quantitative estimate of drug-likeness (QED) is 0.852. The molecule has 1 aromatic heterocycles. The number of hydrogen-bond donors (Lipinski definition) is 1. The number of amides is 1. The van der Waals surface area contributed by atoms with Crippen molar-refractivity contribution in [2.75, 3.05) is 6.54 Å². The Hall–Kier alpha value is -1.33. The smallest absolute Gasteiger partial charge is 0.306 e. The van der Waals surface area contributed by atoms with Crippen LogP contribution in [0.25, 0.3) is 0 Å². The van der Waals surface area contributed by atoms with Gasteiger partial charge in [0.25, 0.3) is 5.91 Å². The van der Waals surface area contributed by atoms with Gasteiger partial charge < -0.3 is 10.0 Å². The lowest BCUT2D eigenvalue weighted by atomic mass is 9.91. The van der Waals surface area contributed by atoms with E-state index in [1.807, 2.05) is 6.92 Å². The molecule has 1 fully saturated rings. The minimum Gasteiger partial charge on any atom is -0.481 e. The summed E-state index contributed by atoms with van der Waals surface area (Å²) in [5.74, 6) is -1.45. The number of nitrogens with zero attached hydrogens (tertiary/aromatic N) is 2. The van der Waals surface area contributed by atoms with Crippen LogP contribution in [0.5, 0.6) is 0 Å². The normalized spacial score (nSPS) is 22.6. The van der Waals surface area contributed by atoms with Gasteiger partial charge in [0.05, 0.1) is 16.5 Å². The number of carboxylic acids is 1. The van der Waals surface area contributed by atoms with Crippen LogP contribution < -0.4 is 0 Å². The maximum atomic E-state index is 12.5. The number of aliphatic carboxylic acids is 1. The summed E-state index contributed by atoms with van der Waals surface area (Å²) in [5, 5.41) is 9.47. The van der Waals surface area contributed by atoms with Crippen LogP contribution in [-0.4, -0.2) is 39.5 Å². The molecule has 2 unspecified atom stereocenters. The van der Waals surface area contributed by atoms with Gasteiger partial charge in [0.2, 0.25) is 0 Å². The first-order chi connectivity index (χ1) is 9.40. The molecule has 0 spiro atoms. The van der Waals surface area contributed by atoms with Crippen LogP contribution in [0, 0.1) is 5.92 Å². The van der Waals surface area contributed by atoms with E-state index in [4.69, 9.17) is 28.3 Å². The van der Waals surface area contributed by atoms with Gasteiger partial charge >= 0.3 is 5.97 Å². The molecular formula is C13H14Cl2N2O3. The van der Waals surface area contributed by atoms with Crippen LogP contribution >= 0.6 is 23.2 Å². The highest BCUT2D eigenvalue weighted by atomic mass is 35.5. The Morgan fingerprint density at radius 3 is 2.75 bits per heavy atom. The maximum Gasteiger partial charge on any atom is 0.306 e. The van der Waals surface area contributed by atoms with Crippen molar-refractivity contribution in [2.24, 2.45) is 5.92 Å². The fourth-order valence-electron chi connectivity index (χ4n) is 2.43. The molecule has 1 amide bonds. The van der Waals surface area contributed by atoms with Gasteiger partial charge in [0.15, 0.2) is 0 Å². The lowest BCUT2D eigenvalue weighted by molar-refractivity contribution is -0.143. The van der Waals surface area contributed by atoms with Gasteiger partial charge in [-0.25, -0.2) is 4.98 Å². The van der Waals surface area contributed by atoms with Crippen molar-refractivity contribution >= 4 is 35.1 Å². The zero-order valence-corrected chi connectivity index (χ0v) is 12.4. The highest BCUT2D eigenvalue weighted by Gasteiger charge is 2.33. The molecule has 1 aliphatic rings. The third kappa shape index (κ3) is 3.04. The van der Waals surface area contributed by atoms with Crippen LogP contribution in [0.4, 0.5) is 0 Å². The molecule has 1 saturated heterocycles. The van der Waals surface area contributed by atoms with Crippen molar-refractivity contribution in [3.63, 3.8) is 0 Å². The van der Waals surface area contributed by atoms with Gasteiger partial charge in [-0.2, -0.15) is 0 Å². The average Bonchev–Trinajstić information content (AvgIpc) is 2.40. The molecule has 5 nitrogen and oxygen atoms in total. The van der Waals surface area contributed by atoms with E-state index in [9.17, 15) is 9.59 Å². The number of carbonyl (C=O) groups excluding carboxylic acids is 1. The van der Waals surface area contributed by atoms with E-state index in [1.54, 1.807) is 4.90 Å². The van der Waals surface area contributed by atoms with Gasteiger partial charge in [0, 0.05) is 18.8 Å². The Balaban J connectivity index is 2.18. The average molecular weight is 317 g/mol. The number of pyridine rings is 1. The van der Waals surface area contributed by atoms with E-state index < -0.39 is 11.9 Å². The van der Waals surface area contributed by atoms with Crippen molar-refractivity contribution in [2.45, 2.75) is 25.8 Å². The molecule has 7 heteroatoms. The fourth-order valence-corrected chi connectivity index (χ4v) is 2.77. The molecule has 2 rings (SSSR count). The summed E-state index contributed by atoms with van der Waals surface area (Å²) in [5.41, 5.74) is 0.298. The molecule has 0 saturated carbocycles. The van der Waals surface area contributed by atoms with Crippen molar-refractivity contribution in [1.29, 1.82) is 0 Å². The Morgan fingerprint density at radius 1 is 1.45 bits per heavy atom. The van der Waals surface area contributed by atoms with Crippen molar-refractivity contribution in [3.05, 3.63) is 28.0 Å². The number of hydrogen-bond acceptors (Lipinski definition) is 3. The molecule has 0 bridgehead atoms. The van der Waals surface area contributed by atoms with Crippen LogP contribution in [0.2, 0.25) is 10.2 Å². The standard InChI is InChI=1S/C13H14Cl2N2O3/c1-7-4-8(13(19)20)2-3-17(7)12(18)9-5-11(15)16-6-10(9)14/h5-8H,2-4H2,1H3,(H,19,20). The Morgan fingerprint density at radius 2 is 2.15 bits per heavy atom. The summed E-state index contributed by atoms with van der Waals surface area (Å²) in [6, 6.07) is 1.28. The molecule has 0 aliphatic carbocycles. The van der Waals surface area contributed by atoms with Gasteiger partial charge in [0.1, 0.15) is 5.15 Å². The van der Waals surface area contributed by atoms with E-state index in [-0.39, 0.29) is 22.1 Å². The number of aromatic nitrogens is 1. The van der Waals surface area contributed by atoms with Gasteiger partial charge in [-0.15, -0.1) is 0 Å². The maximum absolute atomic E-state index is 12.5. The predicted octanol–water partition coefficient (Wildman–Crippen LogP) is 2.71. The molecule has 1 N–H and O–H groups in total. The molecule has 1 aliphatic heterocycles. The first-order valence-corrected chi connectivity index (χ1v) is 7.00. The summed E-state index contributed by atoms with van der Waals surface area (Å²) >= 11 is 11.8. The topological polar surface area (TPSA) is 70.5 Å². The van der Waals surface area contributed by atoms with Gasteiger partial charge in [-0.3, -0.25) is 9.59 Å². The first-order valence-electron chi connectivity index (χ1n) is 6.25. The summed E-state index contributed by atoms with van der Waals surface area (Å²) in [4.78, 5) is 28.9. The molecule has 0 aromatic carbocycles. The Labute approximate surface area is 126 Å². The van der Waals surface area contributed by atoms with E-state index in [0.717, 1.165) is 0 Å². The predicted molar refractivity (Wildman–Crippen MR) is 75.1 cm³/mol. The number of carboxylic acid groups (broad SMARTS) is 1. The zero-order chi connectivity index (χ0) is 14.9. The molecule has 0 radical (unpaired) electrons. The molecule has 1 aromatic rings. The highest BCUT2D eigenvalue weighted by Crippen LogP contribution is 2.27. The van der Waals surface area contributed by atoms with Crippen LogP contribution in [0.3, 0.4) is 0 Å². The Kier molecular flexibility index (Phi) is 4.50. The molecular weight excluding hydrogens is 303 g/mol. The monoisotopic (exact) mass is 316 g/mol. The first kappa shape index (κ1) is 15.1. The minimum absolute atomic E-state index is 0.152. The zero-order valence-electron chi connectivity index (χ0n) is 10.8. The number of piperidine rings is 1. The molecule has 2 atom stereocenters. The second-order valence-electron chi connectivity index (χ2n) is 4.89. The second kappa shape index (κ2) is 5.97. The number of carbonyl (C=O) groups is 2. The van der Waals surface area contributed by atoms with Crippen LogP contribution in [0.15, 0.2) is 12.3 Å². The van der Waals surface area contributed by atoms with E-state index in [0.29, 0.717) is 24.9 Å². The fraction of sp³-hybridized carbons (Fsp3) is 0.462. The third-order valence-electron chi connectivity index (χ3n) is 3.54.